The average Bonchev–Trinajstić information content (AvgIpc) is 2.88. The van der Waals surface area contributed by atoms with E-state index in [0.717, 1.165) is 4.57 Å². The second-order valence-electron chi connectivity index (χ2n) is 5.39. The number of nitrogens with two attached hydrogens (primary N) is 1. The molecule has 0 bridgehead atoms. The van der Waals surface area contributed by atoms with Crippen LogP contribution in [0.2, 0.25) is 0 Å². The van der Waals surface area contributed by atoms with E-state index in [4.69, 9.17) is 5.73 Å². The molecule has 0 amide bonds. The van der Waals surface area contributed by atoms with Crippen molar-refractivity contribution in [2.24, 2.45) is 14.1 Å². The number of nitrogens with zero attached hydrogens (tertiary/aromatic N) is 4. The maximum absolute atomic E-state index is 12.4. The van der Waals surface area contributed by atoms with Crippen LogP contribution in [0.4, 0.5) is 5.95 Å². The molecule has 1 aromatic carbocycles. The molecule has 1 atom stereocenters. The van der Waals surface area contributed by atoms with Crippen molar-refractivity contribution in [3.63, 3.8) is 0 Å². The fourth-order valence-corrected chi connectivity index (χ4v) is 2.60. The van der Waals surface area contributed by atoms with Gasteiger partial charge in [-0.3, -0.25) is 13.9 Å². The van der Waals surface area contributed by atoms with Crippen LogP contribution in [0.15, 0.2) is 39.9 Å². The van der Waals surface area contributed by atoms with Crippen LogP contribution in [0, 0.1) is 0 Å². The van der Waals surface area contributed by atoms with Crippen LogP contribution in [0.25, 0.3) is 11.2 Å². The minimum absolute atomic E-state index is 0.0692. The maximum Gasteiger partial charge on any atom is 0.332 e. The van der Waals surface area contributed by atoms with Gasteiger partial charge in [-0.2, -0.15) is 4.98 Å². The molecule has 3 N–H and O–H groups in total. The fraction of sp³-hybridized carbons (Fsp3) is 0.267. The van der Waals surface area contributed by atoms with Gasteiger partial charge in [0.25, 0.3) is 5.56 Å². The molecule has 2 heterocycles. The zero-order valence-corrected chi connectivity index (χ0v) is 12.8. The highest BCUT2D eigenvalue weighted by atomic mass is 16.3. The molecule has 0 aliphatic carbocycles. The van der Waals surface area contributed by atoms with Crippen LogP contribution in [-0.2, 0) is 20.6 Å². The third-order valence-corrected chi connectivity index (χ3v) is 3.92. The standard InChI is InChI=1S/C15H17N5O3/c1-18-12-11(13(22)19(2)15(18)23)20(14(16)17-12)8-10(21)9-6-4-3-5-7-9/h3-7,10,21H,8H2,1-2H3,(H2,16,17). The second kappa shape index (κ2) is 5.40. The number of hydrogen-bond donors (Lipinski definition) is 2. The summed E-state index contributed by atoms with van der Waals surface area (Å²) in [7, 11) is 2.92. The lowest BCUT2D eigenvalue weighted by Gasteiger charge is -2.13. The third-order valence-electron chi connectivity index (χ3n) is 3.92. The lowest BCUT2D eigenvalue weighted by molar-refractivity contribution is 0.158. The number of hydrogen-bond acceptors (Lipinski definition) is 5. The highest BCUT2D eigenvalue weighted by Crippen LogP contribution is 2.19. The van der Waals surface area contributed by atoms with Crippen LogP contribution in [0.1, 0.15) is 11.7 Å². The molecule has 8 heteroatoms. The largest absolute Gasteiger partial charge is 0.387 e. The quantitative estimate of drug-likeness (QED) is 0.693. The average molecular weight is 315 g/mol. The summed E-state index contributed by atoms with van der Waals surface area (Å²) in [5.41, 5.74) is 6.03. The van der Waals surface area contributed by atoms with E-state index in [1.807, 2.05) is 18.2 Å². The predicted molar refractivity (Wildman–Crippen MR) is 86.0 cm³/mol. The summed E-state index contributed by atoms with van der Waals surface area (Å²) in [5, 5.41) is 10.4. The minimum atomic E-state index is -0.849. The summed E-state index contributed by atoms with van der Waals surface area (Å²) >= 11 is 0. The Kier molecular flexibility index (Phi) is 3.53. The number of aromatic nitrogens is 4. The number of anilines is 1. The van der Waals surface area contributed by atoms with E-state index in [1.165, 1.54) is 23.2 Å². The maximum atomic E-state index is 12.4. The van der Waals surface area contributed by atoms with Crippen molar-refractivity contribution in [2.45, 2.75) is 12.6 Å². The van der Waals surface area contributed by atoms with E-state index in [1.54, 1.807) is 12.1 Å². The van der Waals surface area contributed by atoms with E-state index in [2.05, 4.69) is 4.98 Å². The summed E-state index contributed by atoms with van der Waals surface area (Å²) in [6.07, 6.45) is -0.849. The van der Waals surface area contributed by atoms with Crippen LogP contribution in [0.3, 0.4) is 0 Å². The van der Waals surface area contributed by atoms with Gasteiger partial charge in [0.05, 0.1) is 12.6 Å². The number of aliphatic hydroxyl groups excluding tert-OH is 1. The number of nitrogen functional groups attached to an aromatic ring is 1. The SMILES string of the molecule is Cn1c(=O)c2c(nc(N)n2CC(O)c2ccccc2)n(C)c1=O. The molecule has 8 nitrogen and oxygen atoms in total. The highest BCUT2D eigenvalue weighted by Gasteiger charge is 2.20. The lowest BCUT2D eigenvalue weighted by Crippen LogP contribution is -2.37. The van der Waals surface area contributed by atoms with Crippen molar-refractivity contribution in [3.05, 3.63) is 56.7 Å². The Hall–Kier alpha value is -2.87. The Bertz CT molecular complexity index is 984. The van der Waals surface area contributed by atoms with E-state index in [0.29, 0.717) is 5.56 Å². The zero-order chi connectivity index (χ0) is 16.7. The summed E-state index contributed by atoms with van der Waals surface area (Å²) in [4.78, 5) is 28.5. The highest BCUT2D eigenvalue weighted by molar-refractivity contribution is 5.73. The summed E-state index contributed by atoms with van der Waals surface area (Å²) in [6.45, 7) is 0.0692. The van der Waals surface area contributed by atoms with Gasteiger partial charge in [0, 0.05) is 14.1 Å². The Balaban J connectivity index is 2.17. The van der Waals surface area contributed by atoms with E-state index in [9.17, 15) is 14.7 Å². The van der Waals surface area contributed by atoms with Gasteiger partial charge in [0.2, 0.25) is 5.95 Å². The molecule has 2 aromatic heterocycles. The van der Waals surface area contributed by atoms with Crippen LogP contribution >= 0.6 is 0 Å². The molecule has 0 saturated heterocycles. The van der Waals surface area contributed by atoms with Gasteiger partial charge in [-0.1, -0.05) is 30.3 Å². The van der Waals surface area contributed by atoms with Gasteiger partial charge in [-0.25, -0.2) is 4.79 Å². The minimum Gasteiger partial charge on any atom is -0.387 e. The number of aryl methyl sites for hydroxylation is 1. The molecule has 0 spiro atoms. The van der Waals surface area contributed by atoms with Gasteiger partial charge >= 0.3 is 5.69 Å². The number of benzene rings is 1. The summed E-state index contributed by atoms with van der Waals surface area (Å²) < 4.78 is 3.70. The molecule has 0 fully saturated rings. The monoisotopic (exact) mass is 315 g/mol. The molecule has 0 aliphatic heterocycles. The molecular formula is C15H17N5O3. The third kappa shape index (κ3) is 2.33. The Labute approximate surface area is 131 Å². The van der Waals surface area contributed by atoms with E-state index < -0.39 is 17.4 Å². The normalized spacial score (nSPS) is 12.7. The topological polar surface area (TPSA) is 108 Å². The summed E-state index contributed by atoms with van der Waals surface area (Å²) in [6, 6.07) is 9.05. The van der Waals surface area contributed by atoms with Gasteiger partial charge in [0.15, 0.2) is 11.2 Å². The first-order valence-electron chi connectivity index (χ1n) is 7.06. The first-order chi connectivity index (χ1) is 10.9. The van der Waals surface area contributed by atoms with Gasteiger partial charge < -0.3 is 15.4 Å². The zero-order valence-electron chi connectivity index (χ0n) is 12.8. The smallest absolute Gasteiger partial charge is 0.332 e. The van der Waals surface area contributed by atoms with E-state index >= 15 is 0 Å². The molecule has 120 valence electrons. The molecule has 0 radical (unpaired) electrons. The number of fused-ring (bicyclic) bond motifs is 1. The predicted octanol–water partition coefficient (Wildman–Crippen LogP) is -0.251. The Morgan fingerprint density at radius 2 is 1.83 bits per heavy atom. The molecule has 0 saturated carbocycles. The van der Waals surface area contributed by atoms with Crippen LogP contribution in [0.5, 0.6) is 0 Å². The fourth-order valence-electron chi connectivity index (χ4n) is 2.60. The molecule has 0 aliphatic rings. The molecule has 3 aromatic rings. The Morgan fingerprint density at radius 3 is 2.48 bits per heavy atom. The number of rotatable bonds is 3. The van der Waals surface area contributed by atoms with Crippen molar-refractivity contribution in [2.75, 3.05) is 5.73 Å². The Morgan fingerprint density at radius 1 is 1.17 bits per heavy atom. The molecule has 1 unspecified atom stereocenters. The van der Waals surface area contributed by atoms with Crippen LogP contribution in [-0.4, -0.2) is 23.8 Å². The first kappa shape index (κ1) is 15.0. The first-order valence-corrected chi connectivity index (χ1v) is 7.06. The van der Waals surface area contributed by atoms with Crippen molar-refractivity contribution in [1.29, 1.82) is 0 Å². The van der Waals surface area contributed by atoms with Crippen molar-refractivity contribution < 1.29 is 5.11 Å². The van der Waals surface area contributed by atoms with Gasteiger partial charge in [0.1, 0.15) is 0 Å². The van der Waals surface area contributed by atoms with Crippen molar-refractivity contribution >= 4 is 17.1 Å². The van der Waals surface area contributed by atoms with Crippen molar-refractivity contribution in [1.82, 2.24) is 18.7 Å². The summed E-state index contributed by atoms with van der Waals surface area (Å²) in [5.74, 6) is 0.0771. The number of aliphatic hydroxyl groups is 1. The van der Waals surface area contributed by atoms with Crippen LogP contribution < -0.4 is 17.0 Å². The lowest BCUT2D eigenvalue weighted by atomic mass is 10.1. The molecule has 23 heavy (non-hydrogen) atoms. The molecule has 3 rings (SSSR count). The molecular weight excluding hydrogens is 298 g/mol. The van der Waals surface area contributed by atoms with Crippen molar-refractivity contribution in [3.8, 4) is 0 Å². The van der Waals surface area contributed by atoms with Gasteiger partial charge in [-0.05, 0) is 5.56 Å². The van der Waals surface area contributed by atoms with E-state index in [-0.39, 0.29) is 23.7 Å². The second-order valence-corrected chi connectivity index (χ2v) is 5.39. The number of imidazole rings is 1. The van der Waals surface area contributed by atoms with Gasteiger partial charge in [-0.15, -0.1) is 0 Å².